The van der Waals surface area contributed by atoms with Gasteiger partial charge in [0, 0.05) is 13.1 Å². The second kappa shape index (κ2) is 4.47. The minimum Gasteiger partial charge on any atom is -0.408 e. The SMILES string of the molecule is CC.Cn1c(=O)oc2cc(C#N)ccc21. The van der Waals surface area contributed by atoms with Gasteiger partial charge in [-0.3, -0.25) is 4.57 Å². The normalized spacial score (nSPS) is 9.20. The van der Waals surface area contributed by atoms with Gasteiger partial charge in [-0.05, 0) is 12.1 Å². The van der Waals surface area contributed by atoms with Crippen LogP contribution in [0.3, 0.4) is 0 Å². The van der Waals surface area contributed by atoms with Crippen molar-refractivity contribution in [1.29, 1.82) is 5.26 Å². The molecule has 0 unspecified atom stereocenters. The van der Waals surface area contributed by atoms with Crippen molar-refractivity contribution in [2.45, 2.75) is 13.8 Å². The average molecular weight is 204 g/mol. The van der Waals surface area contributed by atoms with Gasteiger partial charge in [-0.1, -0.05) is 13.8 Å². The highest BCUT2D eigenvalue weighted by atomic mass is 16.4. The van der Waals surface area contributed by atoms with Crippen molar-refractivity contribution in [3.8, 4) is 6.07 Å². The zero-order valence-corrected chi connectivity index (χ0v) is 8.94. The molecule has 0 aliphatic heterocycles. The highest BCUT2D eigenvalue weighted by molar-refractivity contribution is 5.74. The van der Waals surface area contributed by atoms with Crippen LogP contribution in [-0.4, -0.2) is 4.57 Å². The third-order valence-corrected chi connectivity index (χ3v) is 1.92. The van der Waals surface area contributed by atoms with Gasteiger partial charge >= 0.3 is 5.76 Å². The Morgan fingerprint density at radius 1 is 1.40 bits per heavy atom. The van der Waals surface area contributed by atoms with E-state index in [-0.39, 0.29) is 0 Å². The first-order valence-electron chi connectivity index (χ1n) is 4.72. The van der Waals surface area contributed by atoms with E-state index in [1.807, 2.05) is 19.9 Å². The zero-order valence-electron chi connectivity index (χ0n) is 8.94. The molecule has 0 fully saturated rings. The Morgan fingerprint density at radius 3 is 2.67 bits per heavy atom. The van der Waals surface area contributed by atoms with E-state index in [1.54, 1.807) is 25.2 Å². The van der Waals surface area contributed by atoms with E-state index in [4.69, 9.17) is 9.68 Å². The molecule has 4 heteroatoms. The minimum atomic E-state index is -0.412. The summed E-state index contributed by atoms with van der Waals surface area (Å²) in [7, 11) is 1.63. The van der Waals surface area contributed by atoms with E-state index in [9.17, 15) is 4.79 Å². The Hall–Kier alpha value is -2.02. The molecule has 0 aliphatic rings. The maximum atomic E-state index is 11.1. The van der Waals surface area contributed by atoms with Gasteiger partial charge in [-0.25, -0.2) is 4.79 Å². The van der Waals surface area contributed by atoms with Crippen LogP contribution >= 0.6 is 0 Å². The molecular formula is C11H12N2O2. The van der Waals surface area contributed by atoms with Crippen LogP contribution in [0.5, 0.6) is 0 Å². The summed E-state index contributed by atoms with van der Waals surface area (Å²) in [5, 5.41) is 8.60. The quantitative estimate of drug-likeness (QED) is 0.659. The highest BCUT2D eigenvalue weighted by Gasteiger charge is 2.05. The average Bonchev–Trinajstić information content (AvgIpc) is 2.57. The number of nitriles is 1. The van der Waals surface area contributed by atoms with Crippen LogP contribution in [0, 0.1) is 11.3 Å². The molecule has 78 valence electrons. The highest BCUT2D eigenvalue weighted by Crippen LogP contribution is 2.13. The number of hydrogen-bond donors (Lipinski definition) is 0. The molecule has 0 bridgehead atoms. The summed E-state index contributed by atoms with van der Waals surface area (Å²) in [6.45, 7) is 4.00. The van der Waals surface area contributed by atoms with Gasteiger partial charge in [-0.15, -0.1) is 0 Å². The molecule has 0 N–H and O–H groups in total. The Bertz CT molecular complexity index is 558. The fourth-order valence-electron chi connectivity index (χ4n) is 1.20. The molecule has 0 saturated carbocycles. The van der Waals surface area contributed by atoms with Crippen LogP contribution in [0.2, 0.25) is 0 Å². The van der Waals surface area contributed by atoms with E-state index in [2.05, 4.69) is 0 Å². The summed E-state index contributed by atoms with van der Waals surface area (Å²) in [6.07, 6.45) is 0. The number of nitrogens with zero attached hydrogens (tertiary/aromatic N) is 2. The van der Waals surface area contributed by atoms with E-state index in [0.717, 1.165) is 0 Å². The molecular weight excluding hydrogens is 192 g/mol. The molecule has 0 amide bonds. The third kappa shape index (κ3) is 1.91. The second-order valence-electron chi connectivity index (χ2n) is 2.72. The van der Waals surface area contributed by atoms with E-state index >= 15 is 0 Å². The summed E-state index contributed by atoms with van der Waals surface area (Å²) < 4.78 is 6.30. The first-order chi connectivity index (χ1) is 7.22. The minimum absolute atomic E-state index is 0.412. The van der Waals surface area contributed by atoms with E-state index < -0.39 is 5.76 Å². The first-order valence-corrected chi connectivity index (χ1v) is 4.72. The molecule has 1 heterocycles. The molecule has 4 nitrogen and oxygen atoms in total. The van der Waals surface area contributed by atoms with Gasteiger partial charge in [0.15, 0.2) is 5.58 Å². The third-order valence-electron chi connectivity index (χ3n) is 1.92. The molecule has 0 spiro atoms. The van der Waals surface area contributed by atoms with Crippen LogP contribution in [0.1, 0.15) is 19.4 Å². The molecule has 2 aromatic rings. The standard InChI is InChI=1S/C9H6N2O2.C2H6/c1-11-7-3-2-6(5-10)4-8(7)13-9(11)12;1-2/h2-4H,1H3;1-2H3. The number of benzene rings is 1. The summed E-state index contributed by atoms with van der Waals surface area (Å²) >= 11 is 0. The van der Waals surface area contributed by atoms with E-state index in [1.165, 1.54) is 4.57 Å². The fraction of sp³-hybridized carbons (Fsp3) is 0.273. The Balaban J connectivity index is 0.000000531. The summed E-state index contributed by atoms with van der Waals surface area (Å²) in [5.41, 5.74) is 1.64. The van der Waals surface area contributed by atoms with Gasteiger partial charge in [0.05, 0.1) is 17.1 Å². The van der Waals surface area contributed by atoms with Crippen LogP contribution < -0.4 is 5.76 Å². The molecule has 1 aromatic heterocycles. The second-order valence-corrected chi connectivity index (χ2v) is 2.72. The van der Waals surface area contributed by atoms with Gasteiger partial charge in [0.2, 0.25) is 0 Å². The van der Waals surface area contributed by atoms with Crippen molar-refractivity contribution >= 4 is 11.1 Å². The molecule has 0 atom stereocenters. The first kappa shape index (κ1) is 11.1. The Morgan fingerprint density at radius 2 is 2.07 bits per heavy atom. The number of rotatable bonds is 0. The number of oxazole rings is 1. The number of aryl methyl sites for hydroxylation is 1. The number of fused-ring (bicyclic) bond motifs is 1. The smallest absolute Gasteiger partial charge is 0.408 e. The lowest BCUT2D eigenvalue weighted by Gasteiger charge is -1.90. The Labute approximate surface area is 87.4 Å². The maximum Gasteiger partial charge on any atom is 0.419 e. The Kier molecular flexibility index (Phi) is 3.29. The monoisotopic (exact) mass is 204 g/mol. The van der Waals surface area contributed by atoms with Crippen molar-refractivity contribution in [2.75, 3.05) is 0 Å². The summed E-state index contributed by atoms with van der Waals surface area (Å²) in [6, 6.07) is 6.87. The fourth-order valence-corrected chi connectivity index (χ4v) is 1.20. The lowest BCUT2D eigenvalue weighted by Crippen LogP contribution is -2.08. The van der Waals surface area contributed by atoms with Crippen molar-refractivity contribution in [3.05, 3.63) is 34.3 Å². The predicted octanol–water partition coefficient (Wildman–Crippen LogP) is 2.03. The molecule has 0 radical (unpaired) electrons. The van der Waals surface area contributed by atoms with Gasteiger partial charge in [0.25, 0.3) is 0 Å². The van der Waals surface area contributed by atoms with Crippen LogP contribution in [-0.2, 0) is 7.05 Å². The largest absolute Gasteiger partial charge is 0.419 e. The zero-order chi connectivity index (χ0) is 11.4. The number of aromatic nitrogens is 1. The predicted molar refractivity (Wildman–Crippen MR) is 57.5 cm³/mol. The van der Waals surface area contributed by atoms with Gasteiger partial charge in [-0.2, -0.15) is 5.26 Å². The van der Waals surface area contributed by atoms with Gasteiger partial charge < -0.3 is 4.42 Å². The van der Waals surface area contributed by atoms with Crippen molar-refractivity contribution in [3.63, 3.8) is 0 Å². The lowest BCUT2D eigenvalue weighted by molar-refractivity contribution is 0.528. The molecule has 2 rings (SSSR count). The van der Waals surface area contributed by atoms with Gasteiger partial charge in [0.1, 0.15) is 0 Å². The van der Waals surface area contributed by atoms with Crippen LogP contribution in [0.4, 0.5) is 0 Å². The topological polar surface area (TPSA) is 58.9 Å². The summed E-state index contributed by atoms with van der Waals surface area (Å²) in [4.78, 5) is 11.1. The molecule has 15 heavy (non-hydrogen) atoms. The lowest BCUT2D eigenvalue weighted by atomic mass is 10.2. The molecule has 0 saturated heterocycles. The van der Waals surface area contributed by atoms with Crippen molar-refractivity contribution in [2.24, 2.45) is 7.05 Å². The van der Waals surface area contributed by atoms with Crippen LogP contribution in [0.25, 0.3) is 11.1 Å². The van der Waals surface area contributed by atoms with E-state index in [0.29, 0.717) is 16.7 Å². The maximum absolute atomic E-state index is 11.1. The molecule has 0 aliphatic carbocycles. The number of hydrogen-bond acceptors (Lipinski definition) is 3. The van der Waals surface area contributed by atoms with Crippen LogP contribution in [0.15, 0.2) is 27.4 Å². The summed E-state index contributed by atoms with van der Waals surface area (Å²) in [5.74, 6) is -0.412. The van der Waals surface area contributed by atoms with Crippen molar-refractivity contribution < 1.29 is 4.42 Å². The molecule has 1 aromatic carbocycles. The van der Waals surface area contributed by atoms with Crippen molar-refractivity contribution in [1.82, 2.24) is 4.57 Å².